The van der Waals surface area contributed by atoms with Gasteiger partial charge in [-0.1, -0.05) is 60.7 Å². The standard InChI is InChI=1S/C22H21N3O/c26-22(25-14-8-3-9-15-25)19-16-23-20(17-10-4-1-5-11-17)21(24-19)18-12-6-2-7-13-18/h1-2,4-7,10-13,16H,3,8-9,14-15H2. The molecule has 0 unspecified atom stereocenters. The first-order valence-corrected chi connectivity index (χ1v) is 9.10. The van der Waals surface area contributed by atoms with Crippen LogP contribution in [0.4, 0.5) is 0 Å². The molecule has 0 aliphatic carbocycles. The molecule has 3 aromatic rings. The molecule has 26 heavy (non-hydrogen) atoms. The van der Waals surface area contributed by atoms with E-state index in [1.165, 1.54) is 6.42 Å². The molecule has 1 aliphatic rings. The Balaban J connectivity index is 1.78. The molecule has 0 radical (unpaired) electrons. The fourth-order valence-corrected chi connectivity index (χ4v) is 3.36. The summed E-state index contributed by atoms with van der Waals surface area (Å²) < 4.78 is 0. The summed E-state index contributed by atoms with van der Waals surface area (Å²) in [5.41, 5.74) is 3.93. The number of nitrogens with zero attached hydrogens (tertiary/aromatic N) is 3. The van der Waals surface area contributed by atoms with E-state index in [1.54, 1.807) is 6.20 Å². The van der Waals surface area contributed by atoms with Crippen LogP contribution in [0.25, 0.3) is 22.5 Å². The predicted molar refractivity (Wildman–Crippen MR) is 103 cm³/mol. The summed E-state index contributed by atoms with van der Waals surface area (Å²) in [6.07, 6.45) is 4.93. The summed E-state index contributed by atoms with van der Waals surface area (Å²) in [5, 5.41) is 0. The second kappa shape index (κ2) is 7.48. The highest BCUT2D eigenvalue weighted by Crippen LogP contribution is 2.29. The fourth-order valence-electron chi connectivity index (χ4n) is 3.36. The SMILES string of the molecule is O=C(c1cnc(-c2ccccc2)c(-c2ccccc2)n1)N1CCCCC1. The summed E-state index contributed by atoms with van der Waals surface area (Å²) in [4.78, 5) is 24.1. The quantitative estimate of drug-likeness (QED) is 0.706. The monoisotopic (exact) mass is 343 g/mol. The van der Waals surface area contributed by atoms with Gasteiger partial charge < -0.3 is 4.90 Å². The van der Waals surface area contributed by atoms with E-state index in [1.807, 2.05) is 65.6 Å². The van der Waals surface area contributed by atoms with Crippen molar-refractivity contribution in [3.63, 3.8) is 0 Å². The first-order valence-electron chi connectivity index (χ1n) is 9.10. The maximum atomic E-state index is 12.9. The first kappa shape index (κ1) is 16.5. The van der Waals surface area contributed by atoms with Gasteiger partial charge in [0.2, 0.25) is 0 Å². The minimum absolute atomic E-state index is 0.0195. The van der Waals surface area contributed by atoms with Crippen molar-refractivity contribution in [2.24, 2.45) is 0 Å². The van der Waals surface area contributed by atoms with Crippen molar-refractivity contribution < 1.29 is 4.79 Å². The molecule has 0 spiro atoms. The molecule has 2 aromatic carbocycles. The van der Waals surface area contributed by atoms with Crippen LogP contribution in [0.15, 0.2) is 66.9 Å². The molecule has 1 aromatic heterocycles. The largest absolute Gasteiger partial charge is 0.337 e. The topological polar surface area (TPSA) is 46.1 Å². The van der Waals surface area contributed by atoms with Gasteiger partial charge in [-0.25, -0.2) is 4.98 Å². The highest BCUT2D eigenvalue weighted by atomic mass is 16.2. The van der Waals surface area contributed by atoms with E-state index in [4.69, 9.17) is 4.98 Å². The van der Waals surface area contributed by atoms with Crippen molar-refractivity contribution >= 4 is 5.91 Å². The first-order chi connectivity index (χ1) is 12.8. The molecule has 130 valence electrons. The molecule has 2 heterocycles. The average molecular weight is 343 g/mol. The number of benzene rings is 2. The van der Waals surface area contributed by atoms with Gasteiger partial charge >= 0.3 is 0 Å². The van der Waals surface area contributed by atoms with Crippen LogP contribution < -0.4 is 0 Å². The molecule has 4 rings (SSSR count). The van der Waals surface area contributed by atoms with Crippen LogP contribution in [0.2, 0.25) is 0 Å². The van der Waals surface area contributed by atoms with Gasteiger partial charge in [-0.05, 0) is 19.3 Å². The minimum Gasteiger partial charge on any atom is -0.337 e. The molecule has 4 heteroatoms. The molecule has 0 saturated carbocycles. The zero-order valence-electron chi connectivity index (χ0n) is 14.6. The fraction of sp³-hybridized carbons (Fsp3) is 0.227. The number of likely N-dealkylation sites (tertiary alicyclic amines) is 1. The van der Waals surface area contributed by atoms with E-state index < -0.39 is 0 Å². The van der Waals surface area contributed by atoms with Gasteiger partial charge in [0.15, 0.2) is 0 Å². The number of amides is 1. The van der Waals surface area contributed by atoms with E-state index in [0.29, 0.717) is 5.69 Å². The van der Waals surface area contributed by atoms with Crippen LogP contribution >= 0.6 is 0 Å². The van der Waals surface area contributed by atoms with Crippen LogP contribution in [0.5, 0.6) is 0 Å². The van der Waals surface area contributed by atoms with Crippen LogP contribution in [-0.2, 0) is 0 Å². The number of aromatic nitrogens is 2. The third-order valence-electron chi connectivity index (χ3n) is 4.73. The number of hydrogen-bond acceptors (Lipinski definition) is 3. The second-order valence-electron chi connectivity index (χ2n) is 6.54. The Morgan fingerprint density at radius 3 is 1.96 bits per heavy atom. The zero-order valence-corrected chi connectivity index (χ0v) is 14.6. The van der Waals surface area contributed by atoms with Crippen LogP contribution in [-0.4, -0.2) is 33.9 Å². The van der Waals surface area contributed by atoms with Crippen molar-refractivity contribution in [1.29, 1.82) is 0 Å². The van der Waals surface area contributed by atoms with E-state index in [-0.39, 0.29) is 5.91 Å². The zero-order chi connectivity index (χ0) is 17.8. The summed E-state index contributed by atoms with van der Waals surface area (Å²) in [7, 11) is 0. The second-order valence-corrected chi connectivity index (χ2v) is 6.54. The Kier molecular flexibility index (Phi) is 4.73. The summed E-state index contributed by atoms with van der Waals surface area (Å²) >= 11 is 0. The minimum atomic E-state index is -0.0195. The Labute approximate surface area is 153 Å². The predicted octanol–water partition coefficient (Wildman–Crippen LogP) is 4.44. The van der Waals surface area contributed by atoms with Crippen LogP contribution in [0.3, 0.4) is 0 Å². The van der Waals surface area contributed by atoms with Gasteiger partial charge in [0.1, 0.15) is 5.69 Å². The lowest BCUT2D eigenvalue weighted by Crippen LogP contribution is -2.36. The van der Waals surface area contributed by atoms with Gasteiger partial charge in [0.05, 0.1) is 17.6 Å². The molecule has 1 fully saturated rings. The van der Waals surface area contributed by atoms with Gasteiger partial charge in [-0.15, -0.1) is 0 Å². The highest BCUT2D eigenvalue weighted by Gasteiger charge is 2.21. The molecule has 0 N–H and O–H groups in total. The number of piperidine rings is 1. The van der Waals surface area contributed by atoms with E-state index in [2.05, 4.69) is 4.98 Å². The molecule has 1 saturated heterocycles. The molecular weight excluding hydrogens is 322 g/mol. The summed E-state index contributed by atoms with van der Waals surface area (Å²) in [5.74, 6) is -0.0195. The molecule has 0 atom stereocenters. The summed E-state index contributed by atoms with van der Waals surface area (Å²) in [6.45, 7) is 1.61. The maximum absolute atomic E-state index is 12.9. The molecule has 1 amide bonds. The van der Waals surface area contributed by atoms with Gasteiger partial charge in [-0.3, -0.25) is 9.78 Å². The highest BCUT2D eigenvalue weighted by molar-refractivity contribution is 5.93. The lowest BCUT2D eigenvalue weighted by molar-refractivity contribution is 0.0718. The number of rotatable bonds is 3. The Bertz CT molecular complexity index is 888. The molecular formula is C22H21N3O. The van der Waals surface area contributed by atoms with Crippen molar-refractivity contribution in [2.45, 2.75) is 19.3 Å². The molecule has 1 aliphatic heterocycles. The Morgan fingerprint density at radius 2 is 1.35 bits per heavy atom. The lowest BCUT2D eigenvalue weighted by Gasteiger charge is -2.26. The van der Waals surface area contributed by atoms with Crippen molar-refractivity contribution in [3.8, 4) is 22.5 Å². The van der Waals surface area contributed by atoms with E-state index in [0.717, 1.165) is 48.4 Å². The number of carbonyl (C=O) groups excluding carboxylic acids is 1. The normalized spacial score (nSPS) is 14.2. The summed E-state index contributed by atoms with van der Waals surface area (Å²) in [6, 6.07) is 19.9. The van der Waals surface area contributed by atoms with E-state index >= 15 is 0 Å². The smallest absolute Gasteiger partial charge is 0.274 e. The molecule has 0 bridgehead atoms. The van der Waals surface area contributed by atoms with Crippen molar-refractivity contribution in [1.82, 2.24) is 14.9 Å². The number of carbonyl (C=O) groups is 1. The van der Waals surface area contributed by atoms with Gasteiger partial charge in [0, 0.05) is 24.2 Å². The van der Waals surface area contributed by atoms with Crippen LogP contribution in [0.1, 0.15) is 29.8 Å². The third kappa shape index (κ3) is 3.36. The Hall–Kier alpha value is -3.01. The lowest BCUT2D eigenvalue weighted by atomic mass is 10.0. The number of hydrogen-bond donors (Lipinski definition) is 0. The van der Waals surface area contributed by atoms with Crippen LogP contribution in [0, 0.1) is 0 Å². The Morgan fingerprint density at radius 1 is 0.769 bits per heavy atom. The van der Waals surface area contributed by atoms with Crippen molar-refractivity contribution in [2.75, 3.05) is 13.1 Å². The van der Waals surface area contributed by atoms with Gasteiger partial charge in [0.25, 0.3) is 5.91 Å². The molecule has 4 nitrogen and oxygen atoms in total. The third-order valence-corrected chi connectivity index (χ3v) is 4.73. The average Bonchev–Trinajstić information content (AvgIpc) is 2.75. The van der Waals surface area contributed by atoms with E-state index in [9.17, 15) is 4.79 Å². The van der Waals surface area contributed by atoms with Gasteiger partial charge in [-0.2, -0.15) is 0 Å². The van der Waals surface area contributed by atoms with Crippen molar-refractivity contribution in [3.05, 3.63) is 72.6 Å². The maximum Gasteiger partial charge on any atom is 0.274 e.